The summed E-state index contributed by atoms with van der Waals surface area (Å²) in [4.78, 5) is 12.5. The van der Waals surface area contributed by atoms with Gasteiger partial charge in [0.05, 0.1) is 7.05 Å². The molecule has 3 fully saturated rings. The Hall–Kier alpha value is -1.43. The van der Waals surface area contributed by atoms with Gasteiger partial charge in [0.1, 0.15) is 39.3 Å². The average molecular weight is 318 g/mol. The molecule has 0 spiro atoms. The lowest BCUT2D eigenvalue weighted by molar-refractivity contribution is -1.07. The summed E-state index contributed by atoms with van der Waals surface area (Å²) in [6.07, 6.45) is 2.00. The highest BCUT2D eigenvalue weighted by Gasteiger charge is 2.47. The second kappa shape index (κ2) is 6.59. The fourth-order valence-electron chi connectivity index (χ4n) is 3.83. The number of nitrogens with one attached hydrogen (secondary N) is 1. The smallest absolute Gasteiger partial charge is 0.279 e. The average Bonchev–Trinajstić information content (AvgIpc) is 2.56. The Labute approximate surface area is 139 Å². The molecular weight excluding hydrogens is 288 g/mol. The van der Waals surface area contributed by atoms with E-state index in [-0.39, 0.29) is 5.91 Å². The first-order valence-corrected chi connectivity index (χ1v) is 8.80. The number of hydrogen-bond acceptors (Lipinski definition) is 2. The minimum absolute atomic E-state index is 0.151. The zero-order valence-electron chi connectivity index (χ0n) is 14.3. The molecule has 3 aliphatic heterocycles. The van der Waals surface area contributed by atoms with Gasteiger partial charge in [0, 0.05) is 5.69 Å². The van der Waals surface area contributed by atoms with Gasteiger partial charge < -0.3 is 20.0 Å². The number of amides is 1. The van der Waals surface area contributed by atoms with Crippen LogP contribution in [-0.2, 0) is 11.2 Å². The van der Waals surface area contributed by atoms with Gasteiger partial charge in [-0.25, -0.2) is 0 Å². The second-order valence-corrected chi connectivity index (χ2v) is 7.60. The van der Waals surface area contributed by atoms with Crippen LogP contribution in [0.1, 0.15) is 12.0 Å². The molecule has 0 aromatic heterocycles. The molecule has 1 amide bonds. The fourth-order valence-corrected chi connectivity index (χ4v) is 3.83. The van der Waals surface area contributed by atoms with Gasteiger partial charge in [-0.1, -0.05) is 12.1 Å². The molecule has 0 unspecified atom stereocenters. The van der Waals surface area contributed by atoms with Crippen LogP contribution < -0.4 is 11.1 Å². The van der Waals surface area contributed by atoms with E-state index in [1.165, 1.54) is 29.7 Å². The number of quaternary nitrogens is 2. The number of nitrogens with two attached hydrogens (primary N) is 1. The number of likely N-dealkylation sites (N-methyl/N-ethyl adjacent to an activating group) is 1. The highest BCUT2D eigenvalue weighted by molar-refractivity contribution is 5.91. The summed E-state index contributed by atoms with van der Waals surface area (Å²) in [6, 6.07) is 8.18. The molecule has 3 heterocycles. The number of carbonyl (C=O) groups is 1. The lowest BCUT2D eigenvalue weighted by atomic mass is 10.1. The Balaban J connectivity index is 1.53. The maximum atomic E-state index is 12.5. The number of hydrogen-bond donors (Lipinski definition) is 2. The molecule has 3 saturated heterocycles. The molecule has 5 nitrogen and oxygen atoms in total. The first kappa shape index (κ1) is 16.4. The Bertz CT molecular complexity index is 530. The standard InChI is InChI=1S/C18H29N4O/c1-21-9-12-22(13-10-21,14-11-21)15-18(23)20-17-6-4-16(5-7-17)3-2-8-19/h4-7H,2-3,8-15,19H2,1H3/q+1/p+1. The summed E-state index contributed by atoms with van der Waals surface area (Å²) in [5.74, 6) is 0.151. The van der Waals surface area contributed by atoms with E-state index in [9.17, 15) is 4.79 Å². The number of benzene rings is 1. The monoisotopic (exact) mass is 318 g/mol. The van der Waals surface area contributed by atoms with Gasteiger partial charge in [0.15, 0.2) is 6.54 Å². The van der Waals surface area contributed by atoms with Crippen molar-refractivity contribution in [2.75, 3.05) is 64.7 Å². The molecule has 3 N–H and O–H groups in total. The van der Waals surface area contributed by atoms with Crippen molar-refractivity contribution in [2.45, 2.75) is 12.8 Å². The first-order valence-electron chi connectivity index (χ1n) is 8.80. The first-order chi connectivity index (χ1) is 11.0. The van der Waals surface area contributed by atoms with Crippen LogP contribution in [0.3, 0.4) is 0 Å². The largest absolute Gasteiger partial charge is 0.330 e. The van der Waals surface area contributed by atoms with Gasteiger partial charge in [-0.2, -0.15) is 0 Å². The van der Waals surface area contributed by atoms with Crippen LogP contribution in [0.2, 0.25) is 0 Å². The van der Waals surface area contributed by atoms with E-state index in [4.69, 9.17) is 5.73 Å². The van der Waals surface area contributed by atoms with Crippen LogP contribution in [0.15, 0.2) is 24.3 Å². The van der Waals surface area contributed by atoms with E-state index < -0.39 is 0 Å². The SMILES string of the molecule is C[N+]12CC[N+](CC(=O)Nc3ccc(CCCN)cc3)(CC1)CC2. The molecule has 23 heavy (non-hydrogen) atoms. The number of nitrogens with zero attached hydrogens (tertiary/aromatic N) is 2. The summed E-state index contributed by atoms with van der Waals surface area (Å²) in [5, 5.41) is 3.07. The third-order valence-corrected chi connectivity index (χ3v) is 5.73. The molecule has 4 rings (SSSR count). The van der Waals surface area contributed by atoms with Crippen LogP contribution in [0, 0.1) is 0 Å². The van der Waals surface area contributed by atoms with Crippen LogP contribution in [0.25, 0.3) is 0 Å². The van der Waals surface area contributed by atoms with Gasteiger partial charge in [0.2, 0.25) is 0 Å². The lowest BCUT2D eigenvalue weighted by Gasteiger charge is -2.53. The van der Waals surface area contributed by atoms with E-state index in [0.717, 1.165) is 49.2 Å². The van der Waals surface area contributed by atoms with Crippen molar-refractivity contribution in [3.63, 3.8) is 0 Å². The van der Waals surface area contributed by atoms with E-state index in [1.54, 1.807) is 0 Å². The zero-order chi connectivity index (χ0) is 16.3. The van der Waals surface area contributed by atoms with Gasteiger partial charge in [-0.3, -0.25) is 4.79 Å². The van der Waals surface area contributed by atoms with E-state index in [2.05, 4.69) is 24.5 Å². The number of carbonyl (C=O) groups excluding carboxylic acids is 1. The van der Waals surface area contributed by atoms with Crippen LogP contribution in [-0.4, -0.2) is 74.3 Å². The quantitative estimate of drug-likeness (QED) is 0.763. The molecule has 2 bridgehead atoms. The van der Waals surface area contributed by atoms with Crippen molar-refractivity contribution in [3.8, 4) is 0 Å². The molecule has 0 saturated carbocycles. The van der Waals surface area contributed by atoms with Gasteiger partial charge >= 0.3 is 0 Å². The van der Waals surface area contributed by atoms with Crippen molar-refractivity contribution < 1.29 is 13.8 Å². The molecule has 0 aliphatic carbocycles. The van der Waals surface area contributed by atoms with Crippen molar-refractivity contribution >= 4 is 11.6 Å². The normalized spacial score (nSPS) is 29.5. The lowest BCUT2D eigenvalue weighted by Crippen LogP contribution is -2.74. The summed E-state index contributed by atoms with van der Waals surface area (Å²) in [5.41, 5.74) is 7.72. The van der Waals surface area contributed by atoms with Gasteiger partial charge in [-0.15, -0.1) is 0 Å². The summed E-state index contributed by atoms with van der Waals surface area (Å²) in [6.45, 7) is 8.40. The number of anilines is 1. The number of aryl methyl sites for hydroxylation is 1. The van der Waals surface area contributed by atoms with Crippen molar-refractivity contribution in [1.82, 2.24) is 0 Å². The van der Waals surface area contributed by atoms with Crippen molar-refractivity contribution in [3.05, 3.63) is 29.8 Å². The van der Waals surface area contributed by atoms with Gasteiger partial charge in [-0.05, 0) is 37.1 Å². The second-order valence-electron chi connectivity index (χ2n) is 7.60. The molecule has 0 atom stereocenters. The maximum Gasteiger partial charge on any atom is 0.279 e. The number of fused-ring (bicyclic) bond motifs is 3. The van der Waals surface area contributed by atoms with Crippen LogP contribution in [0.5, 0.6) is 0 Å². The Morgan fingerprint density at radius 1 is 1.09 bits per heavy atom. The number of rotatable bonds is 6. The minimum Gasteiger partial charge on any atom is -0.330 e. The summed E-state index contributed by atoms with van der Waals surface area (Å²) < 4.78 is 2.18. The highest BCUT2D eigenvalue weighted by Crippen LogP contribution is 2.24. The van der Waals surface area contributed by atoms with Crippen LogP contribution >= 0.6 is 0 Å². The topological polar surface area (TPSA) is 55.1 Å². The highest BCUT2D eigenvalue weighted by atomic mass is 16.2. The molecule has 1 aromatic rings. The predicted octanol–water partition coefficient (Wildman–Crippen LogP) is 0.807. The summed E-state index contributed by atoms with van der Waals surface area (Å²) in [7, 11) is 2.35. The molecule has 3 aliphatic rings. The Morgan fingerprint density at radius 2 is 1.70 bits per heavy atom. The molecule has 1 aromatic carbocycles. The van der Waals surface area contributed by atoms with Gasteiger partial charge in [0.25, 0.3) is 5.91 Å². The van der Waals surface area contributed by atoms with E-state index in [1.807, 2.05) is 12.1 Å². The third-order valence-electron chi connectivity index (χ3n) is 5.73. The Kier molecular flexibility index (Phi) is 4.71. The van der Waals surface area contributed by atoms with E-state index in [0.29, 0.717) is 6.54 Å². The van der Waals surface area contributed by atoms with Crippen molar-refractivity contribution in [1.29, 1.82) is 0 Å². The van der Waals surface area contributed by atoms with E-state index >= 15 is 0 Å². The number of piperazine rings is 3. The zero-order valence-corrected chi connectivity index (χ0v) is 14.3. The summed E-state index contributed by atoms with van der Waals surface area (Å²) >= 11 is 0. The molecule has 5 heteroatoms. The Morgan fingerprint density at radius 3 is 2.26 bits per heavy atom. The molecular formula is C18H30N4O+2. The molecule has 0 radical (unpaired) electrons. The predicted molar refractivity (Wildman–Crippen MR) is 93.0 cm³/mol. The molecule has 126 valence electrons. The van der Waals surface area contributed by atoms with Crippen LogP contribution in [0.4, 0.5) is 5.69 Å². The fraction of sp³-hybridized carbons (Fsp3) is 0.611. The minimum atomic E-state index is 0.151. The third kappa shape index (κ3) is 3.91. The maximum absolute atomic E-state index is 12.5. The van der Waals surface area contributed by atoms with Crippen molar-refractivity contribution in [2.24, 2.45) is 5.73 Å².